The van der Waals surface area contributed by atoms with E-state index in [9.17, 15) is 5.11 Å². The summed E-state index contributed by atoms with van der Waals surface area (Å²) in [6, 6.07) is 4.98. The van der Waals surface area contributed by atoms with Crippen molar-refractivity contribution in [2.75, 3.05) is 13.1 Å². The van der Waals surface area contributed by atoms with Crippen LogP contribution in [0.1, 0.15) is 31.7 Å². The van der Waals surface area contributed by atoms with Crippen LogP contribution in [0.3, 0.4) is 0 Å². The van der Waals surface area contributed by atoms with Gasteiger partial charge in [0.1, 0.15) is 0 Å². The topological polar surface area (TPSA) is 52.5 Å². The van der Waals surface area contributed by atoms with E-state index in [1.54, 1.807) is 6.07 Å². The molecule has 1 rings (SSSR count). The molecule has 0 fully saturated rings. The zero-order valence-electron chi connectivity index (χ0n) is 10.3. The summed E-state index contributed by atoms with van der Waals surface area (Å²) in [6.07, 6.45) is 4.61. The van der Waals surface area contributed by atoms with Crippen LogP contribution in [0.5, 0.6) is 11.5 Å². The van der Waals surface area contributed by atoms with Crippen LogP contribution >= 0.6 is 12.4 Å². The normalized spacial score (nSPS) is 9.94. The van der Waals surface area contributed by atoms with Crippen molar-refractivity contribution >= 4 is 12.4 Å². The Kier molecular flexibility index (Phi) is 8.64. The van der Waals surface area contributed by atoms with E-state index in [4.69, 9.17) is 5.11 Å². The molecule has 0 aromatic heterocycles. The van der Waals surface area contributed by atoms with E-state index in [1.807, 2.05) is 6.07 Å². The Bertz CT molecular complexity index is 318. The summed E-state index contributed by atoms with van der Waals surface area (Å²) in [5.41, 5.74) is 1.04. The van der Waals surface area contributed by atoms with Gasteiger partial charge in [0.2, 0.25) is 0 Å². The summed E-state index contributed by atoms with van der Waals surface area (Å²) in [7, 11) is 0. The Morgan fingerprint density at radius 3 is 2.47 bits per heavy atom. The molecule has 0 spiro atoms. The van der Waals surface area contributed by atoms with E-state index in [0.29, 0.717) is 0 Å². The van der Waals surface area contributed by atoms with Crippen molar-refractivity contribution < 1.29 is 10.2 Å². The average Bonchev–Trinajstić information content (AvgIpc) is 2.28. The number of nitrogens with one attached hydrogen (secondary N) is 1. The summed E-state index contributed by atoms with van der Waals surface area (Å²) >= 11 is 0. The molecule has 0 unspecified atom stereocenters. The number of hydrogen-bond acceptors (Lipinski definition) is 3. The molecule has 98 valence electrons. The minimum atomic E-state index is -0.0559. The zero-order valence-corrected chi connectivity index (χ0v) is 11.1. The molecule has 17 heavy (non-hydrogen) atoms. The highest BCUT2D eigenvalue weighted by Crippen LogP contribution is 2.24. The van der Waals surface area contributed by atoms with Gasteiger partial charge in [-0.1, -0.05) is 25.8 Å². The minimum absolute atomic E-state index is 0. The van der Waals surface area contributed by atoms with Gasteiger partial charge in [-0.05, 0) is 43.6 Å². The van der Waals surface area contributed by atoms with Gasteiger partial charge >= 0.3 is 0 Å². The van der Waals surface area contributed by atoms with Gasteiger partial charge in [0.25, 0.3) is 0 Å². The van der Waals surface area contributed by atoms with E-state index in [1.165, 1.54) is 25.3 Å². The van der Waals surface area contributed by atoms with Crippen LogP contribution in [0.4, 0.5) is 0 Å². The number of rotatable bonds is 7. The van der Waals surface area contributed by atoms with Crippen molar-refractivity contribution in [3.8, 4) is 11.5 Å². The molecule has 4 heteroatoms. The van der Waals surface area contributed by atoms with E-state index in [2.05, 4.69) is 12.2 Å². The second kappa shape index (κ2) is 9.14. The Morgan fingerprint density at radius 1 is 1.06 bits per heavy atom. The summed E-state index contributed by atoms with van der Waals surface area (Å²) in [5.74, 6) is -0.0943. The summed E-state index contributed by atoms with van der Waals surface area (Å²) in [4.78, 5) is 0. The van der Waals surface area contributed by atoms with Gasteiger partial charge in [0, 0.05) is 0 Å². The highest BCUT2D eigenvalue weighted by Gasteiger charge is 1.99. The first-order valence-corrected chi connectivity index (χ1v) is 5.95. The monoisotopic (exact) mass is 259 g/mol. The lowest BCUT2D eigenvalue weighted by Gasteiger charge is -2.05. The lowest BCUT2D eigenvalue weighted by Crippen LogP contribution is -2.18. The Morgan fingerprint density at radius 2 is 1.82 bits per heavy atom. The molecule has 3 N–H and O–H groups in total. The smallest absolute Gasteiger partial charge is 0.157 e. The fraction of sp³-hybridized carbons (Fsp3) is 0.538. The fourth-order valence-electron chi connectivity index (χ4n) is 1.58. The van der Waals surface area contributed by atoms with Gasteiger partial charge in [-0.25, -0.2) is 0 Å². The fourth-order valence-corrected chi connectivity index (χ4v) is 1.58. The van der Waals surface area contributed by atoms with Crippen LogP contribution in [0.15, 0.2) is 18.2 Å². The molecule has 0 atom stereocenters. The number of phenolic OH excluding ortho intramolecular Hbond substituents is 2. The highest BCUT2D eigenvalue weighted by molar-refractivity contribution is 5.85. The highest BCUT2D eigenvalue weighted by atomic mass is 35.5. The third kappa shape index (κ3) is 6.39. The van der Waals surface area contributed by atoms with Crippen molar-refractivity contribution in [1.82, 2.24) is 5.32 Å². The van der Waals surface area contributed by atoms with Crippen molar-refractivity contribution in [2.45, 2.75) is 32.6 Å². The molecule has 1 aromatic carbocycles. The molecule has 0 heterocycles. The summed E-state index contributed by atoms with van der Waals surface area (Å²) in [6.45, 7) is 4.16. The zero-order chi connectivity index (χ0) is 11.8. The molecule has 0 aliphatic carbocycles. The van der Waals surface area contributed by atoms with Crippen molar-refractivity contribution in [1.29, 1.82) is 0 Å². The van der Waals surface area contributed by atoms with E-state index < -0.39 is 0 Å². The summed E-state index contributed by atoms with van der Waals surface area (Å²) < 4.78 is 0. The summed E-state index contributed by atoms with van der Waals surface area (Å²) in [5, 5.41) is 21.8. The number of halogens is 1. The molecule has 0 aliphatic heterocycles. The molecule has 0 saturated carbocycles. The lowest BCUT2D eigenvalue weighted by molar-refractivity contribution is 0.403. The van der Waals surface area contributed by atoms with Crippen molar-refractivity contribution in [2.24, 2.45) is 0 Å². The molecular formula is C13H22ClNO2. The third-order valence-corrected chi connectivity index (χ3v) is 2.59. The first kappa shape index (κ1) is 16.1. The van der Waals surface area contributed by atoms with Crippen LogP contribution in [0.2, 0.25) is 0 Å². The van der Waals surface area contributed by atoms with Gasteiger partial charge in [0.05, 0.1) is 0 Å². The number of phenols is 2. The van der Waals surface area contributed by atoms with Crippen LogP contribution in [-0.4, -0.2) is 23.3 Å². The SMILES string of the molecule is CCCCCNCCc1ccc(O)c(O)c1.Cl. The standard InChI is InChI=1S/C13H21NO2.ClH/c1-2-3-4-8-14-9-7-11-5-6-12(15)13(16)10-11;/h5-6,10,14-16H,2-4,7-9H2,1H3;1H. The largest absolute Gasteiger partial charge is 0.504 e. The Balaban J connectivity index is 0.00000256. The molecule has 0 bridgehead atoms. The number of unbranched alkanes of at least 4 members (excludes halogenated alkanes) is 2. The van der Waals surface area contributed by atoms with Crippen molar-refractivity contribution in [3.05, 3.63) is 23.8 Å². The molecule has 0 radical (unpaired) electrons. The maximum atomic E-state index is 9.30. The quantitative estimate of drug-likeness (QED) is 0.521. The predicted octanol–water partition coefficient (Wildman–Crippen LogP) is 2.84. The number of benzene rings is 1. The van der Waals surface area contributed by atoms with Crippen LogP contribution in [-0.2, 0) is 6.42 Å². The van der Waals surface area contributed by atoms with E-state index >= 15 is 0 Å². The number of aromatic hydroxyl groups is 2. The number of hydrogen-bond donors (Lipinski definition) is 3. The maximum Gasteiger partial charge on any atom is 0.157 e. The van der Waals surface area contributed by atoms with E-state index in [0.717, 1.165) is 25.1 Å². The Labute approximate surface area is 109 Å². The van der Waals surface area contributed by atoms with Gasteiger partial charge < -0.3 is 15.5 Å². The van der Waals surface area contributed by atoms with Gasteiger partial charge in [-0.3, -0.25) is 0 Å². The molecule has 0 amide bonds. The van der Waals surface area contributed by atoms with Crippen LogP contribution in [0.25, 0.3) is 0 Å². The Hall–Kier alpha value is -0.930. The lowest BCUT2D eigenvalue weighted by atomic mass is 10.1. The first-order valence-electron chi connectivity index (χ1n) is 5.95. The van der Waals surface area contributed by atoms with E-state index in [-0.39, 0.29) is 23.9 Å². The second-order valence-corrected chi connectivity index (χ2v) is 4.03. The first-order chi connectivity index (χ1) is 7.74. The van der Waals surface area contributed by atoms with Crippen LogP contribution < -0.4 is 5.32 Å². The van der Waals surface area contributed by atoms with Gasteiger partial charge in [-0.15, -0.1) is 12.4 Å². The predicted molar refractivity (Wildman–Crippen MR) is 73.1 cm³/mol. The minimum Gasteiger partial charge on any atom is -0.504 e. The van der Waals surface area contributed by atoms with Gasteiger partial charge in [-0.2, -0.15) is 0 Å². The molecule has 3 nitrogen and oxygen atoms in total. The van der Waals surface area contributed by atoms with Crippen molar-refractivity contribution in [3.63, 3.8) is 0 Å². The average molecular weight is 260 g/mol. The molecule has 1 aromatic rings. The molecule has 0 aliphatic rings. The van der Waals surface area contributed by atoms with Crippen LogP contribution in [0, 0.1) is 0 Å². The molecule has 0 saturated heterocycles. The second-order valence-electron chi connectivity index (χ2n) is 4.03. The molecular weight excluding hydrogens is 238 g/mol. The maximum absolute atomic E-state index is 9.30. The third-order valence-electron chi connectivity index (χ3n) is 2.59. The van der Waals surface area contributed by atoms with Gasteiger partial charge in [0.15, 0.2) is 11.5 Å².